The highest BCUT2D eigenvalue weighted by Crippen LogP contribution is 2.41. The van der Waals surface area contributed by atoms with Crippen LogP contribution in [0.2, 0.25) is 5.15 Å². The van der Waals surface area contributed by atoms with E-state index >= 15 is 4.39 Å². The number of esters is 1. The summed E-state index contributed by atoms with van der Waals surface area (Å²) in [4.78, 5) is 33.5. The fraction of sp³-hybridized carbons (Fsp3) is 0.107. The Kier molecular flexibility index (Phi) is 5.65. The Morgan fingerprint density at radius 2 is 2.08 bits per heavy atom. The van der Waals surface area contributed by atoms with Gasteiger partial charge in [0.25, 0.3) is 5.56 Å². The Bertz CT molecular complexity index is 1960. The molecule has 0 saturated carbocycles. The number of fused-ring (bicyclic) bond motifs is 4. The van der Waals surface area contributed by atoms with Crippen LogP contribution in [0.5, 0.6) is 5.75 Å². The number of phenols is 1. The fourth-order valence-corrected chi connectivity index (χ4v) is 5.02. The van der Waals surface area contributed by atoms with E-state index in [1.165, 1.54) is 36.7 Å². The van der Waals surface area contributed by atoms with Gasteiger partial charge in [0.1, 0.15) is 28.0 Å². The SMILES string of the molecule is CCOC(=O)c1c(-c2ccc[nH]c2=O)c2c3occc3c(F)cc2n1Cc1cc2ccc(O)cc2nc1Cl. The summed E-state index contributed by atoms with van der Waals surface area (Å²) in [5.41, 5.74) is 1.59. The molecule has 0 bridgehead atoms. The number of rotatable bonds is 5. The number of nitrogens with zero attached hydrogens (tertiary/aromatic N) is 2. The monoisotopic (exact) mass is 531 g/mol. The maximum absolute atomic E-state index is 15.2. The number of furan rings is 1. The molecule has 0 aliphatic rings. The molecule has 0 aliphatic carbocycles. The largest absolute Gasteiger partial charge is 0.508 e. The summed E-state index contributed by atoms with van der Waals surface area (Å²) in [7, 11) is 0. The van der Waals surface area contributed by atoms with Gasteiger partial charge in [0.2, 0.25) is 0 Å². The minimum Gasteiger partial charge on any atom is -0.508 e. The smallest absolute Gasteiger partial charge is 0.355 e. The van der Waals surface area contributed by atoms with E-state index in [1.807, 2.05) is 0 Å². The second kappa shape index (κ2) is 9.04. The van der Waals surface area contributed by atoms with Crippen molar-refractivity contribution in [3.8, 4) is 16.9 Å². The predicted octanol–water partition coefficient (Wildman–Crippen LogP) is 6.01. The zero-order chi connectivity index (χ0) is 26.6. The van der Waals surface area contributed by atoms with Crippen LogP contribution in [0, 0.1) is 5.82 Å². The molecule has 0 aliphatic heterocycles. The van der Waals surface area contributed by atoms with E-state index in [9.17, 15) is 14.7 Å². The molecule has 10 heteroatoms. The van der Waals surface area contributed by atoms with E-state index in [2.05, 4.69) is 9.97 Å². The molecule has 190 valence electrons. The maximum atomic E-state index is 15.2. The van der Waals surface area contributed by atoms with Crippen LogP contribution in [0.4, 0.5) is 4.39 Å². The number of aromatic amines is 1. The van der Waals surface area contributed by atoms with Crippen molar-refractivity contribution in [1.29, 1.82) is 0 Å². The van der Waals surface area contributed by atoms with Crippen molar-refractivity contribution in [1.82, 2.24) is 14.5 Å². The van der Waals surface area contributed by atoms with Gasteiger partial charge >= 0.3 is 5.97 Å². The molecule has 2 aromatic carbocycles. The number of benzene rings is 2. The second-order valence-electron chi connectivity index (χ2n) is 8.67. The predicted molar refractivity (Wildman–Crippen MR) is 141 cm³/mol. The van der Waals surface area contributed by atoms with Crippen LogP contribution in [0.25, 0.3) is 43.9 Å². The highest BCUT2D eigenvalue weighted by Gasteiger charge is 2.30. The Hall–Kier alpha value is -4.63. The number of aromatic nitrogens is 3. The summed E-state index contributed by atoms with van der Waals surface area (Å²) < 4.78 is 27.9. The molecule has 8 nitrogen and oxygen atoms in total. The summed E-state index contributed by atoms with van der Waals surface area (Å²) in [6, 6.07) is 12.5. The van der Waals surface area contributed by atoms with E-state index in [0.29, 0.717) is 27.4 Å². The second-order valence-corrected chi connectivity index (χ2v) is 9.03. The highest BCUT2D eigenvalue weighted by atomic mass is 35.5. The van der Waals surface area contributed by atoms with Gasteiger partial charge in [-0.15, -0.1) is 0 Å². The maximum Gasteiger partial charge on any atom is 0.355 e. The van der Waals surface area contributed by atoms with E-state index in [1.54, 1.807) is 35.8 Å². The molecule has 0 fully saturated rings. The Morgan fingerprint density at radius 3 is 2.87 bits per heavy atom. The van der Waals surface area contributed by atoms with Gasteiger partial charge in [-0.2, -0.15) is 0 Å². The summed E-state index contributed by atoms with van der Waals surface area (Å²) in [6.45, 7) is 1.75. The molecule has 0 unspecified atom stereocenters. The minimum absolute atomic E-state index is 0.00366. The van der Waals surface area contributed by atoms with E-state index < -0.39 is 17.3 Å². The number of hydrogen-bond donors (Lipinski definition) is 2. The molecule has 2 N–H and O–H groups in total. The molecule has 6 rings (SSSR count). The number of phenolic OH excluding ortho intramolecular Hbond substituents is 1. The summed E-state index contributed by atoms with van der Waals surface area (Å²) in [5.74, 6) is -1.20. The van der Waals surface area contributed by atoms with Crippen LogP contribution in [0.1, 0.15) is 23.0 Å². The van der Waals surface area contributed by atoms with E-state index in [-0.39, 0.29) is 51.8 Å². The number of hydrogen-bond acceptors (Lipinski definition) is 6. The highest BCUT2D eigenvalue weighted by molar-refractivity contribution is 6.30. The number of carbonyl (C=O) groups excluding carboxylic acids is 1. The lowest BCUT2D eigenvalue weighted by Crippen LogP contribution is -2.16. The van der Waals surface area contributed by atoms with Gasteiger partial charge in [-0.25, -0.2) is 14.2 Å². The first kappa shape index (κ1) is 23.7. The number of nitrogens with one attached hydrogen (secondary N) is 1. The molecule has 4 aromatic heterocycles. The van der Waals surface area contributed by atoms with Crippen molar-refractivity contribution in [2.45, 2.75) is 13.5 Å². The van der Waals surface area contributed by atoms with Crippen molar-refractivity contribution in [3.05, 3.63) is 93.6 Å². The number of aromatic hydroxyl groups is 1. The van der Waals surface area contributed by atoms with Crippen LogP contribution in [0.15, 0.2) is 70.2 Å². The lowest BCUT2D eigenvalue weighted by molar-refractivity contribution is 0.0516. The summed E-state index contributed by atoms with van der Waals surface area (Å²) in [6.07, 6.45) is 2.84. The third-order valence-corrected chi connectivity index (χ3v) is 6.76. The zero-order valence-electron chi connectivity index (χ0n) is 19.9. The van der Waals surface area contributed by atoms with E-state index in [0.717, 1.165) is 0 Å². The summed E-state index contributed by atoms with van der Waals surface area (Å²) in [5, 5.41) is 11.3. The number of pyridine rings is 2. The van der Waals surface area contributed by atoms with Crippen LogP contribution in [-0.4, -0.2) is 32.2 Å². The van der Waals surface area contributed by atoms with Crippen LogP contribution in [-0.2, 0) is 11.3 Å². The number of carbonyl (C=O) groups is 1. The lowest BCUT2D eigenvalue weighted by atomic mass is 10.0. The van der Waals surface area contributed by atoms with Gasteiger partial charge in [0.05, 0.1) is 46.8 Å². The van der Waals surface area contributed by atoms with Crippen molar-refractivity contribution in [3.63, 3.8) is 0 Å². The first-order chi connectivity index (χ1) is 18.4. The molecular formula is C28H19ClFN3O5. The normalized spacial score (nSPS) is 11.6. The Labute approximate surface area is 218 Å². The van der Waals surface area contributed by atoms with Gasteiger partial charge in [-0.05, 0) is 49.4 Å². The minimum atomic E-state index is -0.697. The average molecular weight is 532 g/mol. The van der Waals surface area contributed by atoms with Gasteiger partial charge < -0.3 is 23.8 Å². The molecular weight excluding hydrogens is 513 g/mol. The molecule has 0 amide bonds. The molecule has 38 heavy (non-hydrogen) atoms. The fourth-order valence-electron chi connectivity index (χ4n) is 4.82. The van der Waals surface area contributed by atoms with Gasteiger partial charge in [-0.1, -0.05) is 11.6 Å². The number of ether oxygens (including phenoxy) is 1. The van der Waals surface area contributed by atoms with Crippen LogP contribution in [0.3, 0.4) is 0 Å². The Balaban J connectivity index is 1.72. The molecule has 6 aromatic rings. The van der Waals surface area contributed by atoms with E-state index in [4.69, 9.17) is 20.8 Å². The third-order valence-electron chi connectivity index (χ3n) is 6.43. The molecule has 0 saturated heterocycles. The van der Waals surface area contributed by atoms with Gasteiger partial charge in [-0.3, -0.25) is 4.79 Å². The van der Waals surface area contributed by atoms with Crippen molar-refractivity contribution >= 4 is 50.3 Å². The topological polar surface area (TPSA) is 110 Å². The van der Waals surface area contributed by atoms with Crippen molar-refractivity contribution in [2.75, 3.05) is 6.61 Å². The summed E-state index contributed by atoms with van der Waals surface area (Å²) >= 11 is 6.54. The van der Waals surface area contributed by atoms with Crippen LogP contribution < -0.4 is 5.56 Å². The van der Waals surface area contributed by atoms with Gasteiger partial charge in [0.15, 0.2) is 0 Å². The van der Waals surface area contributed by atoms with Gasteiger partial charge in [0, 0.05) is 28.8 Å². The van der Waals surface area contributed by atoms with Crippen molar-refractivity contribution < 1.29 is 23.4 Å². The standard InChI is InChI=1S/C28H19ClFN3O5/c1-2-37-28(36)24-22(18-4-3-8-31-27(18)35)23-21(12-19(30)17-7-9-38-25(17)23)33(24)13-15-10-14-5-6-16(34)11-20(14)32-26(15)29/h3-12,34H,2,13H2,1H3,(H,31,35). The quantitative estimate of drug-likeness (QED) is 0.208. The number of H-pyrrole nitrogens is 1. The molecule has 0 radical (unpaired) electrons. The average Bonchev–Trinajstić information content (AvgIpc) is 3.49. The number of halogens is 2. The molecule has 0 atom stereocenters. The third kappa shape index (κ3) is 3.71. The van der Waals surface area contributed by atoms with Crippen LogP contribution >= 0.6 is 11.6 Å². The Morgan fingerprint density at radius 1 is 1.24 bits per heavy atom. The first-order valence-corrected chi connectivity index (χ1v) is 12.1. The lowest BCUT2D eigenvalue weighted by Gasteiger charge is -2.13. The van der Waals surface area contributed by atoms with Crippen molar-refractivity contribution in [2.24, 2.45) is 0 Å². The first-order valence-electron chi connectivity index (χ1n) is 11.7. The molecule has 0 spiro atoms. The zero-order valence-corrected chi connectivity index (χ0v) is 20.7. The molecule has 4 heterocycles.